The summed E-state index contributed by atoms with van der Waals surface area (Å²) in [5.74, 6) is 0. The molecule has 0 saturated carbocycles. The summed E-state index contributed by atoms with van der Waals surface area (Å²) in [6.45, 7) is 6.68. The highest BCUT2D eigenvalue weighted by Crippen LogP contribution is 2.28. The van der Waals surface area contributed by atoms with E-state index in [1.807, 2.05) is 20.8 Å². The summed E-state index contributed by atoms with van der Waals surface area (Å²) < 4.78 is 32.6. The monoisotopic (exact) mass is 313 g/mol. The van der Waals surface area contributed by atoms with Crippen molar-refractivity contribution in [2.45, 2.75) is 44.2 Å². The topological polar surface area (TPSA) is 66.8 Å². The Morgan fingerprint density at radius 2 is 2.05 bits per heavy atom. The Morgan fingerprint density at radius 1 is 1.33 bits per heavy atom. The van der Waals surface area contributed by atoms with E-state index in [0.717, 1.165) is 12.0 Å². The fourth-order valence-corrected chi connectivity index (χ4v) is 4.48. The quantitative estimate of drug-likeness (QED) is 0.915. The molecule has 0 amide bonds. The molecule has 1 aliphatic rings. The molecule has 0 unspecified atom stereocenters. The van der Waals surface area contributed by atoms with Crippen LogP contribution in [0.4, 0.5) is 0 Å². The molecule has 1 aromatic carbocycles. The van der Waals surface area contributed by atoms with Crippen LogP contribution in [0.3, 0.4) is 0 Å². The molecule has 2 rings (SSSR count). The van der Waals surface area contributed by atoms with E-state index in [-0.39, 0.29) is 11.5 Å². The van der Waals surface area contributed by atoms with E-state index in [0.29, 0.717) is 25.3 Å². The zero-order chi connectivity index (χ0) is 15.7. The second-order valence-electron chi connectivity index (χ2n) is 5.88. The fourth-order valence-electron chi connectivity index (χ4n) is 2.67. The smallest absolute Gasteiger partial charge is 0.243 e. The molecule has 0 bridgehead atoms. The van der Waals surface area contributed by atoms with Gasteiger partial charge in [0.1, 0.15) is 0 Å². The summed E-state index contributed by atoms with van der Waals surface area (Å²) in [4.78, 5) is 0.235. The number of nitrogens with zero attached hydrogens (tertiary/aromatic N) is 1. The number of aryl methyl sites for hydroxylation is 1. The van der Waals surface area contributed by atoms with Gasteiger partial charge in [-0.3, -0.25) is 0 Å². The van der Waals surface area contributed by atoms with Gasteiger partial charge in [-0.05, 0) is 43.5 Å². The number of morpholine rings is 1. The minimum absolute atomic E-state index is 0.154. The molecule has 1 heterocycles. The Labute approximate surface area is 126 Å². The van der Waals surface area contributed by atoms with Gasteiger partial charge in [0.2, 0.25) is 10.0 Å². The van der Waals surface area contributed by atoms with E-state index in [2.05, 4.69) is 0 Å². The zero-order valence-corrected chi connectivity index (χ0v) is 13.6. The second-order valence-corrected chi connectivity index (χ2v) is 7.75. The van der Waals surface area contributed by atoms with Gasteiger partial charge in [-0.1, -0.05) is 13.0 Å². The number of hydrogen-bond donors (Lipinski definition) is 1. The van der Waals surface area contributed by atoms with Crippen molar-refractivity contribution < 1.29 is 18.3 Å². The summed E-state index contributed by atoms with van der Waals surface area (Å²) in [7, 11) is -3.59. The van der Waals surface area contributed by atoms with Crippen LogP contribution < -0.4 is 0 Å². The molecule has 0 spiro atoms. The Morgan fingerprint density at radius 3 is 2.62 bits per heavy atom. The molecule has 1 saturated heterocycles. The van der Waals surface area contributed by atoms with Crippen molar-refractivity contribution in [3.05, 3.63) is 29.3 Å². The van der Waals surface area contributed by atoms with E-state index < -0.39 is 15.6 Å². The molecule has 0 atom stereocenters. The van der Waals surface area contributed by atoms with E-state index in [1.165, 1.54) is 4.31 Å². The van der Waals surface area contributed by atoms with Crippen molar-refractivity contribution in [3.8, 4) is 0 Å². The lowest BCUT2D eigenvalue weighted by atomic mass is 10.1. The molecule has 21 heavy (non-hydrogen) atoms. The van der Waals surface area contributed by atoms with Gasteiger partial charge in [-0.2, -0.15) is 4.31 Å². The van der Waals surface area contributed by atoms with Crippen molar-refractivity contribution in [2.75, 3.05) is 19.8 Å². The van der Waals surface area contributed by atoms with Crippen molar-refractivity contribution in [1.29, 1.82) is 0 Å². The molecule has 0 aliphatic carbocycles. The van der Waals surface area contributed by atoms with Gasteiger partial charge in [-0.15, -0.1) is 0 Å². The van der Waals surface area contributed by atoms with Crippen LogP contribution in [-0.4, -0.2) is 43.1 Å². The highest BCUT2D eigenvalue weighted by Gasteiger charge is 2.39. The molecule has 118 valence electrons. The van der Waals surface area contributed by atoms with Crippen molar-refractivity contribution in [1.82, 2.24) is 4.31 Å². The first kappa shape index (κ1) is 16.4. The molecule has 5 nitrogen and oxygen atoms in total. The van der Waals surface area contributed by atoms with E-state index in [9.17, 15) is 13.5 Å². The van der Waals surface area contributed by atoms with Crippen molar-refractivity contribution >= 4 is 10.0 Å². The van der Waals surface area contributed by atoms with E-state index >= 15 is 0 Å². The van der Waals surface area contributed by atoms with Gasteiger partial charge in [0.25, 0.3) is 0 Å². The third-order valence-corrected chi connectivity index (χ3v) is 5.99. The maximum atomic E-state index is 12.9. The lowest BCUT2D eigenvalue weighted by molar-refractivity contribution is -0.00771. The number of aliphatic hydroxyl groups excluding tert-OH is 1. The summed E-state index contributed by atoms with van der Waals surface area (Å²) in [6, 6.07) is 4.99. The summed E-state index contributed by atoms with van der Waals surface area (Å²) in [5, 5.41) is 9.42. The minimum atomic E-state index is -3.59. The van der Waals surface area contributed by atoms with Crippen LogP contribution >= 0.6 is 0 Å². The van der Waals surface area contributed by atoms with Crippen LogP contribution in [0.25, 0.3) is 0 Å². The van der Waals surface area contributed by atoms with Crippen LogP contribution in [0, 0.1) is 0 Å². The first-order valence-corrected chi connectivity index (χ1v) is 8.60. The van der Waals surface area contributed by atoms with Crippen LogP contribution in [0.5, 0.6) is 0 Å². The van der Waals surface area contributed by atoms with Crippen LogP contribution in [0.2, 0.25) is 0 Å². The van der Waals surface area contributed by atoms with Gasteiger partial charge in [0.05, 0.1) is 30.3 Å². The molecule has 0 aromatic heterocycles. The Hall–Kier alpha value is -0.950. The highest BCUT2D eigenvalue weighted by molar-refractivity contribution is 7.89. The molecule has 1 N–H and O–H groups in total. The SMILES string of the molecule is CCc1ccc(S(=O)(=O)N2CCOCC2(C)C)cc1CO. The first-order valence-electron chi connectivity index (χ1n) is 7.16. The third kappa shape index (κ3) is 3.13. The molecule has 6 heteroatoms. The van der Waals surface area contributed by atoms with Crippen LogP contribution in [-0.2, 0) is 27.8 Å². The van der Waals surface area contributed by atoms with Gasteiger partial charge in [0, 0.05) is 6.54 Å². The van der Waals surface area contributed by atoms with Crippen molar-refractivity contribution in [2.24, 2.45) is 0 Å². The average Bonchev–Trinajstić information content (AvgIpc) is 2.45. The fraction of sp³-hybridized carbons (Fsp3) is 0.600. The normalized spacial score (nSPS) is 19.6. The van der Waals surface area contributed by atoms with Gasteiger partial charge >= 0.3 is 0 Å². The Balaban J connectivity index is 2.44. The number of sulfonamides is 1. The van der Waals surface area contributed by atoms with Crippen LogP contribution in [0.1, 0.15) is 31.9 Å². The summed E-state index contributed by atoms with van der Waals surface area (Å²) in [5.41, 5.74) is 1.07. The number of benzene rings is 1. The maximum Gasteiger partial charge on any atom is 0.243 e. The summed E-state index contributed by atoms with van der Waals surface area (Å²) >= 11 is 0. The zero-order valence-electron chi connectivity index (χ0n) is 12.8. The lowest BCUT2D eigenvalue weighted by Crippen LogP contribution is -2.55. The standard InChI is InChI=1S/C15H23NO4S/c1-4-12-5-6-14(9-13(12)10-17)21(18,19)16-7-8-20-11-15(16,2)3/h5-6,9,17H,4,7-8,10-11H2,1-3H3. The second kappa shape index (κ2) is 6.04. The van der Waals surface area contributed by atoms with Gasteiger partial charge < -0.3 is 9.84 Å². The molecule has 1 fully saturated rings. The molecule has 1 aromatic rings. The largest absolute Gasteiger partial charge is 0.392 e. The molecular formula is C15H23NO4S. The number of aliphatic hydroxyl groups is 1. The molecular weight excluding hydrogens is 290 g/mol. The molecule has 0 radical (unpaired) electrons. The highest BCUT2D eigenvalue weighted by atomic mass is 32.2. The van der Waals surface area contributed by atoms with E-state index in [4.69, 9.17) is 4.74 Å². The lowest BCUT2D eigenvalue weighted by Gasteiger charge is -2.40. The predicted molar refractivity (Wildman–Crippen MR) is 80.5 cm³/mol. The average molecular weight is 313 g/mol. The number of ether oxygens (including phenoxy) is 1. The minimum Gasteiger partial charge on any atom is -0.392 e. The first-order chi connectivity index (χ1) is 9.82. The Bertz CT molecular complexity index is 610. The summed E-state index contributed by atoms with van der Waals surface area (Å²) in [6.07, 6.45) is 0.763. The molecule has 1 aliphatic heterocycles. The van der Waals surface area contributed by atoms with Gasteiger partial charge in [0.15, 0.2) is 0 Å². The Kier molecular flexibility index (Phi) is 4.72. The van der Waals surface area contributed by atoms with Crippen LogP contribution in [0.15, 0.2) is 23.1 Å². The number of hydrogen-bond acceptors (Lipinski definition) is 4. The predicted octanol–water partition coefficient (Wildman–Crippen LogP) is 1.54. The number of rotatable bonds is 4. The maximum absolute atomic E-state index is 12.9. The van der Waals surface area contributed by atoms with E-state index in [1.54, 1.807) is 18.2 Å². The third-order valence-electron chi connectivity index (χ3n) is 3.89. The van der Waals surface area contributed by atoms with Gasteiger partial charge in [-0.25, -0.2) is 8.42 Å². The van der Waals surface area contributed by atoms with Crippen molar-refractivity contribution in [3.63, 3.8) is 0 Å².